The van der Waals surface area contributed by atoms with Crippen molar-refractivity contribution in [1.82, 2.24) is 35.1 Å². The van der Waals surface area contributed by atoms with Gasteiger partial charge in [-0.25, -0.2) is 4.63 Å². The van der Waals surface area contributed by atoms with Crippen LogP contribution in [0.1, 0.15) is 11.4 Å². The van der Waals surface area contributed by atoms with Gasteiger partial charge in [-0.3, -0.25) is 9.80 Å². The Labute approximate surface area is 144 Å². The molecule has 0 aliphatic carbocycles. The number of morpholine rings is 2. The normalized spacial score (nSPS) is 20.2. The Morgan fingerprint density at radius 3 is 2.12 bits per heavy atom. The lowest BCUT2D eigenvalue weighted by Crippen LogP contribution is -2.38. The van der Waals surface area contributed by atoms with E-state index < -0.39 is 0 Å². The van der Waals surface area contributed by atoms with E-state index >= 15 is 0 Å². The second kappa shape index (κ2) is 7.44. The zero-order chi connectivity index (χ0) is 17.1. The third-order valence-electron chi connectivity index (χ3n) is 4.49. The van der Waals surface area contributed by atoms with Crippen molar-refractivity contribution in [2.24, 2.45) is 0 Å². The molecule has 0 amide bonds. The molecule has 2 aliphatic rings. The third-order valence-corrected chi connectivity index (χ3v) is 4.49. The van der Waals surface area contributed by atoms with E-state index in [1.54, 1.807) is 4.68 Å². The second-order valence-electron chi connectivity index (χ2n) is 6.14. The Balaban J connectivity index is 1.60. The molecule has 4 rings (SSSR count). The van der Waals surface area contributed by atoms with Crippen molar-refractivity contribution >= 4 is 5.82 Å². The third kappa shape index (κ3) is 3.63. The molecule has 2 aliphatic heterocycles. The fraction of sp³-hybridized carbons (Fsp3) is 0.714. The summed E-state index contributed by atoms with van der Waals surface area (Å²) >= 11 is 0. The first-order valence-electron chi connectivity index (χ1n) is 8.43. The highest BCUT2D eigenvalue weighted by molar-refractivity contribution is 5.44. The summed E-state index contributed by atoms with van der Waals surface area (Å²) in [6.45, 7) is 7.87. The molecule has 2 fully saturated rings. The van der Waals surface area contributed by atoms with E-state index in [1.807, 2.05) is 0 Å². The first kappa shape index (κ1) is 16.4. The molecule has 11 nitrogen and oxygen atoms in total. The van der Waals surface area contributed by atoms with Crippen molar-refractivity contribution in [3.63, 3.8) is 0 Å². The Morgan fingerprint density at radius 1 is 0.880 bits per heavy atom. The van der Waals surface area contributed by atoms with Gasteiger partial charge in [0.25, 0.3) is 0 Å². The monoisotopic (exact) mass is 350 g/mol. The average Bonchev–Trinajstić information content (AvgIpc) is 3.23. The summed E-state index contributed by atoms with van der Waals surface area (Å²) in [6.07, 6.45) is 0. The van der Waals surface area contributed by atoms with E-state index in [9.17, 15) is 0 Å². The molecule has 0 atom stereocenters. The van der Waals surface area contributed by atoms with E-state index in [4.69, 9.17) is 19.8 Å². The summed E-state index contributed by atoms with van der Waals surface area (Å²) in [5, 5.41) is 16.2. The van der Waals surface area contributed by atoms with E-state index in [2.05, 4.69) is 30.4 Å². The maximum absolute atomic E-state index is 5.85. The molecule has 11 heteroatoms. The minimum Gasteiger partial charge on any atom is -0.379 e. The van der Waals surface area contributed by atoms with Crippen LogP contribution in [0.4, 0.5) is 5.82 Å². The van der Waals surface area contributed by atoms with Gasteiger partial charge in [0.05, 0.1) is 32.1 Å². The quantitative estimate of drug-likeness (QED) is 0.711. The fourth-order valence-electron chi connectivity index (χ4n) is 3.06. The summed E-state index contributed by atoms with van der Waals surface area (Å²) in [4.78, 5) is 4.62. The van der Waals surface area contributed by atoms with Gasteiger partial charge in [0, 0.05) is 39.3 Å². The second-order valence-corrected chi connectivity index (χ2v) is 6.14. The van der Waals surface area contributed by atoms with Crippen LogP contribution in [0.15, 0.2) is 4.63 Å². The van der Waals surface area contributed by atoms with Gasteiger partial charge in [0.15, 0.2) is 0 Å². The Hall–Kier alpha value is -2.08. The molecule has 4 heterocycles. The average molecular weight is 350 g/mol. The standard InChI is InChI=1S/C14H22N8O3/c15-13-14(18-25-17-13)22-12(10-21-3-7-24-8-4-21)11(16-19-22)9-20-1-5-23-6-2-20/h1-10H2,(H2,15,17). The molecule has 25 heavy (non-hydrogen) atoms. The van der Waals surface area contributed by atoms with Gasteiger partial charge in [0.1, 0.15) is 5.69 Å². The maximum atomic E-state index is 5.85. The number of rotatable bonds is 5. The summed E-state index contributed by atoms with van der Waals surface area (Å²) < 4.78 is 17.2. The van der Waals surface area contributed by atoms with Gasteiger partial charge in [-0.1, -0.05) is 5.21 Å². The van der Waals surface area contributed by atoms with E-state index in [0.29, 0.717) is 18.9 Å². The molecule has 0 spiro atoms. The van der Waals surface area contributed by atoms with Crippen molar-refractivity contribution in [2.45, 2.75) is 13.1 Å². The maximum Gasteiger partial charge on any atom is 0.243 e. The van der Waals surface area contributed by atoms with Gasteiger partial charge in [-0.2, -0.15) is 4.68 Å². The van der Waals surface area contributed by atoms with Crippen LogP contribution in [0, 0.1) is 0 Å². The van der Waals surface area contributed by atoms with Crippen molar-refractivity contribution in [3.8, 4) is 5.82 Å². The number of anilines is 1. The van der Waals surface area contributed by atoms with E-state index in [0.717, 1.165) is 64.0 Å². The predicted octanol–water partition coefficient (Wildman–Crippen LogP) is -1.10. The molecular formula is C14H22N8O3. The molecule has 2 saturated heterocycles. The summed E-state index contributed by atoms with van der Waals surface area (Å²) in [5.74, 6) is 0.579. The molecule has 0 saturated carbocycles. The summed E-state index contributed by atoms with van der Waals surface area (Å²) in [6, 6.07) is 0. The topological polar surface area (TPSA) is 121 Å². The molecule has 2 aromatic rings. The highest BCUT2D eigenvalue weighted by Crippen LogP contribution is 2.19. The first-order valence-corrected chi connectivity index (χ1v) is 8.43. The number of nitrogens with zero attached hydrogens (tertiary/aromatic N) is 7. The lowest BCUT2D eigenvalue weighted by atomic mass is 10.2. The van der Waals surface area contributed by atoms with Crippen molar-refractivity contribution < 1.29 is 14.1 Å². The van der Waals surface area contributed by atoms with Crippen LogP contribution in [0.5, 0.6) is 0 Å². The molecule has 0 aromatic carbocycles. The summed E-state index contributed by atoms with van der Waals surface area (Å²) in [7, 11) is 0. The largest absolute Gasteiger partial charge is 0.379 e. The number of nitrogen functional groups attached to an aromatic ring is 1. The molecule has 0 bridgehead atoms. The van der Waals surface area contributed by atoms with Gasteiger partial charge in [-0.15, -0.1) is 5.10 Å². The fourth-order valence-corrected chi connectivity index (χ4v) is 3.06. The lowest BCUT2D eigenvalue weighted by Gasteiger charge is -2.28. The molecule has 2 aromatic heterocycles. The minimum absolute atomic E-state index is 0.200. The van der Waals surface area contributed by atoms with Crippen LogP contribution in [0.2, 0.25) is 0 Å². The molecule has 2 N–H and O–H groups in total. The molecule has 136 valence electrons. The number of nitrogens with two attached hydrogens (primary N) is 1. The highest BCUT2D eigenvalue weighted by atomic mass is 16.6. The van der Waals surface area contributed by atoms with E-state index in [1.165, 1.54) is 0 Å². The van der Waals surface area contributed by atoms with Gasteiger partial charge in [0.2, 0.25) is 11.6 Å². The SMILES string of the molecule is Nc1nonc1-n1nnc(CN2CCOCC2)c1CN1CCOCC1. The Morgan fingerprint density at radius 2 is 1.52 bits per heavy atom. The molecule has 0 unspecified atom stereocenters. The predicted molar refractivity (Wildman–Crippen MR) is 85.8 cm³/mol. The van der Waals surface area contributed by atoms with E-state index in [-0.39, 0.29) is 5.82 Å². The number of aromatic nitrogens is 5. The first-order chi connectivity index (χ1) is 12.3. The highest BCUT2D eigenvalue weighted by Gasteiger charge is 2.24. The lowest BCUT2D eigenvalue weighted by molar-refractivity contribution is 0.0301. The smallest absolute Gasteiger partial charge is 0.243 e. The van der Waals surface area contributed by atoms with Gasteiger partial charge < -0.3 is 15.2 Å². The van der Waals surface area contributed by atoms with Crippen LogP contribution in [-0.4, -0.2) is 87.7 Å². The van der Waals surface area contributed by atoms with Crippen LogP contribution >= 0.6 is 0 Å². The van der Waals surface area contributed by atoms with Crippen LogP contribution in [-0.2, 0) is 22.6 Å². The van der Waals surface area contributed by atoms with Crippen LogP contribution < -0.4 is 5.73 Å². The van der Waals surface area contributed by atoms with Crippen molar-refractivity contribution in [3.05, 3.63) is 11.4 Å². The zero-order valence-electron chi connectivity index (χ0n) is 14.0. The van der Waals surface area contributed by atoms with Crippen molar-refractivity contribution in [1.29, 1.82) is 0 Å². The van der Waals surface area contributed by atoms with Crippen molar-refractivity contribution in [2.75, 3.05) is 58.3 Å². The zero-order valence-corrected chi connectivity index (χ0v) is 14.0. The number of hydrogen-bond acceptors (Lipinski definition) is 10. The molecular weight excluding hydrogens is 328 g/mol. The Kier molecular flexibility index (Phi) is 4.88. The number of ether oxygens (including phenoxy) is 2. The van der Waals surface area contributed by atoms with Crippen LogP contribution in [0.25, 0.3) is 5.82 Å². The Bertz CT molecular complexity index is 690. The summed E-state index contributed by atoms with van der Waals surface area (Å²) in [5.41, 5.74) is 7.72. The number of hydrogen-bond donors (Lipinski definition) is 1. The van der Waals surface area contributed by atoms with Gasteiger partial charge in [-0.05, 0) is 10.3 Å². The molecule has 0 radical (unpaired) electrons. The minimum atomic E-state index is 0.200. The van der Waals surface area contributed by atoms with Gasteiger partial charge >= 0.3 is 0 Å². The van der Waals surface area contributed by atoms with Crippen LogP contribution in [0.3, 0.4) is 0 Å².